The molecule has 33 heavy (non-hydrogen) atoms. The molecule has 0 bridgehead atoms. The van der Waals surface area contributed by atoms with Crippen LogP contribution in [0.15, 0.2) is 48.5 Å². The third kappa shape index (κ3) is 3.20. The Morgan fingerprint density at radius 2 is 1.70 bits per heavy atom. The van der Waals surface area contributed by atoms with E-state index in [1.165, 1.54) is 11.1 Å². The van der Waals surface area contributed by atoms with E-state index in [9.17, 15) is 9.59 Å². The van der Waals surface area contributed by atoms with Crippen LogP contribution >= 0.6 is 0 Å². The Morgan fingerprint density at radius 1 is 0.970 bits per heavy atom. The molecular weight excluding hydrogens is 410 g/mol. The minimum absolute atomic E-state index is 0.0637. The molecule has 1 aliphatic carbocycles. The molecule has 1 saturated heterocycles. The summed E-state index contributed by atoms with van der Waals surface area (Å²) in [5, 5.41) is 1.16. The van der Waals surface area contributed by atoms with Crippen molar-refractivity contribution in [1.82, 2.24) is 14.8 Å². The molecule has 1 unspecified atom stereocenters. The number of aromatic nitrogens is 1. The van der Waals surface area contributed by atoms with Gasteiger partial charge in [0.05, 0.1) is 6.04 Å². The minimum atomic E-state index is -0.437. The molecule has 0 spiro atoms. The minimum Gasteiger partial charge on any atom is -0.356 e. The van der Waals surface area contributed by atoms with E-state index in [-0.39, 0.29) is 30.4 Å². The summed E-state index contributed by atoms with van der Waals surface area (Å²) in [6.07, 6.45) is 4.91. The zero-order valence-electron chi connectivity index (χ0n) is 19.4. The number of nitrogens with zero attached hydrogens (tertiary/aromatic N) is 2. The Labute approximate surface area is 194 Å². The number of carbonyl (C=O) groups excluding carboxylic acids is 2. The lowest BCUT2D eigenvalue weighted by Gasteiger charge is -2.48. The van der Waals surface area contributed by atoms with Gasteiger partial charge in [-0.3, -0.25) is 9.59 Å². The molecule has 2 aromatic carbocycles. The molecule has 5 nitrogen and oxygen atoms in total. The largest absolute Gasteiger partial charge is 0.356 e. The lowest BCUT2D eigenvalue weighted by atomic mass is 9.85. The Morgan fingerprint density at radius 3 is 2.42 bits per heavy atom. The van der Waals surface area contributed by atoms with E-state index in [4.69, 9.17) is 0 Å². The first kappa shape index (κ1) is 20.5. The lowest BCUT2D eigenvalue weighted by Crippen LogP contribution is -2.64. The summed E-state index contributed by atoms with van der Waals surface area (Å²) >= 11 is 0. The topological polar surface area (TPSA) is 56.4 Å². The fourth-order valence-electron chi connectivity index (χ4n) is 6.22. The maximum atomic E-state index is 13.8. The van der Waals surface area contributed by atoms with Crippen LogP contribution in [0.5, 0.6) is 0 Å². The number of carbonyl (C=O) groups is 2. The average molecular weight is 442 g/mol. The summed E-state index contributed by atoms with van der Waals surface area (Å²) in [5.74, 6) is 0.634. The maximum Gasteiger partial charge on any atom is 0.246 e. The fourth-order valence-corrected chi connectivity index (χ4v) is 6.22. The zero-order valence-corrected chi connectivity index (χ0v) is 19.4. The van der Waals surface area contributed by atoms with Gasteiger partial charge in [0.25, 0.3) is 0 Å². The molecule has 1 aromatic heterocycles. The molecule has 170 valence electrons. The van der Waals surface area contributed by atoms with Crippen LogP contribution in [-0.4, -0.2) is 45.2 Å². The van der Waals surface area contributed by atoms with Gasteiger partial charge >= 0.3 is 0 Å². The van der Waals surface area contributed by atoms with Gasteiger partial charge in [-0.2, -0.15) is 0 Å². The van der Waals surface area contributed by atoms with E-state index in [1.54, 1.807) is 0 Å². The van der Waals surface area contributed by atoms with Gasteiger partial charge in [-0.1, -0.05) is 69.2 Å². The van der Waals surface area contributed by atoms with Crippen molar-refractivity contribution < 1.29 is 9.59 Å². The van der Waals surface area contributed by atoms with Crippen molar-refractivity contribution in [3.8, 4) is 0 Å². The van der Waals surface area contributed by atoms with Crippen molar-refractivity contribution >= 4 is 22.7 Å². The van der Waals surface area contributed by atoms with Gasteiger partial charge in [-0.05, 0) is 41.5 Å². The highest BCUT2D eigenvalue weighted by Crippen LogP contribution is 2.43. The predicted molar refractivity (Wildman–Crippen MR) is 129 cm³/mol. The first-order valence-corrected chi connectivity index (χ1v) is 12.3. The van der Waals surface area contributed by atoms with Crippen LogP contribution in [0.2, 0.25) is 0 Å². The molecule has 3 heterocycles. The van der Waals surface area contributed by atoms with Crippen LogP contribution in [0.4, 0.5) is 0 Å². The molecule has 2 amide bonds. The van der Waals surface area contributed by atoms with E-state index in [0.29, 0.717) is 12.3 Å². The van der Waals surface area contributed by atoms with E-state index in [1.807, 2.05) is 21.9 Å². The Hall–Kier alpha value is -3.08. The van der Waals surface area contributed by atoms with Crippen LogP contribution in [0.3, 0.4) is 0 Å². The highest BCUT2D eigenvalue weighted by molar-refractivity contribution is 5.97. The number of hydrogen-bond acceptors (Lipinski definition) is 2. The van der Waals surface area contributed by atoms with Crippen molar-refractivity contribution in [3.63, 3.8) is 0 Å². The standard InChI is InChI=1S/C28H31N3O2/c1-17(2)18-11-13-19(14-12-18)27-26-22(21-9-5-6-10-23(21)29-26)15-24-28(33)30(16-25(32)31(24)27)20-7-3-4-8-20/h5-6,9-14,17,20,24,27,29H,3-4,7-8,15-16H2,1-2H3/t24-,27?/m0/s1. The van der Waals surface area contributed by atoms with Gasteiger partial charge in [0, 0.05) is 29.1 Å². The summed E-state index contributed by atoms with van der Waals surface area (Å²) in [6, 6.07) is 16.4. The van der Waals surface area contributed by atoms with Gasteiger partial charge < -0.3 is 14.8 Å². The van der Waals surface area contributed by atoms with E-state index in [2.05, 4.69) is 55.2 Å². The Bertz CT molecular complexity index is 1220. The number of para-hydroxylation sites is 1. The van der Waals surface area contributed by atoms with Gasteiger partial charge in [0.15, 0.2) is 0 Å². The van der Waals surface area contributed by atoms with E-state index >= 15 is 0 Å². The molecular formula is C28H31N3O2. The molecule has 6 rings (SSSR count). The van der Waals surface area contributed by atoms with Crippen LogP contribution in [0, 0.1) is 0 Å². The van der Waals surface area contributed by atoms with Gasteiger partial charge in [0.2, 0.25) is 11.8 Å². The van der Waals surface area contributed by atoms with Crippen LogP contribution in [0.1, 0.15) is 73.9 Å². The molecule has 2 fully saturated rings. The van der Waals surface area contributed by atoms with Crippen molar-refractivity contribution in [2.45, 2.75) is 70.0 Å². The molecule has 2 aliphatic heterocycles. The van der Waals surface area contributed by atoms with Gasteiger partial charge in [-0.25, -0.2) is 0 Å². The predicted octanol–water partition coefficient (Wildman–Crippen LogP) is 4.92. The van der Waals surface area contributed by atoms with Crippen molar-refractivity contribution in [3.05, 3.63) is 70.9 Å². The number of hydrogen-bond donors (Lipinski definition) is 1. The quantitative estimate of drug-likeness (QED) is 0.627. The second-order valence-corrected chi connectivity index (χ2v) is 10.2. The number of fused-ring (bicyclic) bond motifs is 4. The van der Waals surface area contributed by atoms with Gasteiger partial charge in [0.1, 0.15) is 12.6 Å². The van der Waals surface area contributed by atoms with Crippen LogP contribution in [-0.2, 0) is 16.0 Å². The molecule has 1 saturated carbocycles. The second-order valence-electron chi connectivity index (χ2n) is 10.2. The van der Waals surface area contributed by atoms with Crippen LogP contribution < -0.4 is 0 Å². The van der Waals surface area contributed by atoms with Crippen molar-refractivity contribution in [2.75, 3.05) is 6.54 Å². The summed E-state index contributed by atoms with van der Waals surface area (Å²) in [5.41, 5.74) is 5.64. The summed E-state index contributed by atoms with van der Waals surface area (Å²) in [7, 11) is 0. The number of nitrogens with one attached hydrogen (secondary N) is 1. The highest BCUT2D eigenvalue weighted by atomic mass is 16.2. The van der Waals surface area contributed by atoms with Crippen molar-refractivity contribution in [1.29, 1.82) is 0 Å². The Kier molecular flexibility index (Phi) is 4.82. The first-order valence-electron chi connectivity index (χ1n) is 12.3. The number of aromatic amines is 1. The SMILES string of the molecule is CC(C)c1ccc(C2c3[nH]c4ccccc4c3C[C@H]3C(=O)N(C4CCCC4)CC(=O)N23)cc1. The zero-order chi connectivity index (χ0) is 22.7. The van der Waals surface area contributed by atoms with E-state index in [0.717, 1.165) is 47.8 Å². The Balaban J connectivity index is 1.49. The highest BCUT2D eigenvalue weighted by Gasteiger charge is 2.49. The summed E-state index contributed by atoms with van der Waals surface area (Å²) in [4.78, 5) is 34.8. The number of H-pyrrole nitrogens is 1. The molecule has 2 atom stereocenters. The normalized spacial score (nSPS) is 23.5. The molecule has 0 radical (unpaired) electrons. The number of amides is 2. The molecule has 1 N–H and O–H groups in total. The average Bonchev–Trinajstić information content (AvgIpc) is 3.48. The van der Waals surface area contributed by atoms with Gasteiger partial charge in [-0.15, -0.1) is 0 Å². The third-order valence-corrected chi connectivity index (χ3v) is 7.98. The summed E-state index contributed by atoms with van der Waals surface area (Å²) in [6.45, 7) is 4.58. The number of rotatable bonds is 3. The molecule has 3 aliphatic rings. The number of piperazine rings is 1. The van der Waals surface area contributed by atoms with Crippen molar-refractivity contribution in [2.24, 2.45) is 0 Å². The maximum absolute atomic E-state index is 13.8. The van der Waals surface area contributed by atoms with E-state index < -0.39 is 6.04 Å². The first-order chi connectivity index (χ1) is 16.0. The third-order valence-electron chi connectivity index (χ3n) is 7.98. The molecule has 3 aromatic rings. The number of benzene rings is 2. The monoisotopic (exact) mass is 441 g/mol. The lowest BCUT2D eigenvalue weighted by molar-refractivity contribution is -0.160. The second kappa shape index (κ2) is 7.75. The smallest absolute Gasteiger partial charge is 0.246 e. The van der Waals surface area contributed by atoms with Crippen LogP contribution in [0.25, 0.3) is 10.9 Å². The summed E-state index contributed by atoms with van der Waals surface area (Å²) < 4.78 is 0. The fraction of sp³-hybridized carbons (Fsp3) is 0.429. The molecule has 5 heteroatoms.